The van der Waals surface area contributed by atoms with Crippen molar-refractivity contribution in [2.24, 2.45) is 0 Å². The molecule has 0 atom stereocenters. The summed E-state index contributed by atoms with van der Waals surface area (Å²) in [6, 6.07) is 10.3. The molecular weight excluding hydrogens is 196 g/mol. The van der Waals surface area contributed by atoms with Crippen LogP contribution in [0.25, 0.3) is 0 Å². The summed E-state index contributed by atoms with van der Waals surface area (Å²) in [4.78, 5) is 0. The van der Waals surface area contributed by atoms with Gasteiger partial charge in [0.15, 0.2) is 0 Å². The topological polar surface area (TPSA) is 0 Å². The molecule has 0 radical (unpaired) electrons. The van der Waals surface area contributed by atoms with Gasteiger partial charge < -0.3 is 0 Å². The summed E-state index contributed by atoms with van der Waals surface area (Å²) in [5.41, 5.74) is 2.28. The highest BCUT2D eigenvalue weighted by Crippen LogP contribution is 2.17. The van der Waals surface area contributed by atoms with E-state index in [-0.39, 0.29) is 0 Å². The minimum atomic E-state index is 0.906. The Balaban J connectivity index is 2.44. The third-order valence-corrected chi connectivity index (χ3v) is 3.35. The van der Waals surface area contributed by atoms with Crippen molar-refractivity contribution in [2.75, 3.05) is 0 Å². The molecular formula is C11H12S2. The normalized spacial score (nSPS) is 9.62. The van der Waals surface area contributed by atoms with E-state index in [1.165, 1.54) is 5.56 Å². The van der Waals surface area contributed by atoms with E-state index < -0.39 is 0 Å². The summed E-state index contributed by atoms with van der Waals surface area (Å²) in [5, 5.41) is 0. The van der Waals surface area contributed by atoms with Crippen molar-refractivity contribution >= 4 is 28.2 Å². The predicted molar refractivity (Wildman–Crippen MR) is 65.1 cm³/mol. The minimum Gasteiger partial charge on any atom is -0.110 e. The summed E-state index contributed by atoms with van der Waals surface area (Å²) >= 11 is 6.81. The van der Waals surface area contributed by atoms with Gasteiger partial charge in [-0.15, -0.1) is 11.8 Å². The van der Waals surface area contributed by atoms with Crippen molar-refractivity contribution in [3.05, 3.63) is 48.0 Å². The molecule has 0 aliphatic carbocycles. The van der Waals surface area contributed by atoms with E-state index in [2.05, 4.69) is 18.7 Å². The van der Waals surface area contributed by atoms with Crippen LogP contribution in [-0.2, 0) is 5.75 Å². The fourth-order valence-electron chi connectivity index (χ4n) is 0.846. The third kappa shape index (κ3) is 3.75. The average molecular weight is 208 g/mol. The van der Waals surface area contributed by atoms with Crippen LogP contribution in [-0.4, -0.2) is 4.20 Å². The molecule has 0 saturated carbocycles. The second-order valence-corrected chi connectivity index (χ2v) is 4.49. The van der Waals surface area contributed by atoms with Gasteiger partial charge in [0.1, 0.15) is 0 Å². The minimum absolute atomic E-state index is 0.906. The smallest absolute Gasteiger partial charge is 0.0732 e. The SMILES string of the molecule is C=C(C)C(=S)SCc1ccccc1. The summed E-state index contributed by atoms with van der Waals surface area (Å²) in [7, 11) is 0. The van der Waals surface area contributed by atoms with Crippen molar-refractivity contribution in [1.82, 2.24) is 0 Å². The zero-order valence-electron chi connectivity index (χ0n) is 7.62. The van der Waals surface area contributed by atoms with E-state index in [4.69, 9.17) is 12.2 Å². The van der Waals surface area contributed by atoms with Gasteiger partial charge in [-0.05, 0) is 18.1 Å². The van der Waals surface area contributed by atoms with Crippen LogP contribution in [0.3, 0.4) is 0 Å². The van der Waals surface area contributed by atoms with Crippen LogP contribution < -0.4 is 0 Å². The van der Waals surface area contributed by atoms with Crippen LogP contribution in [0.5, 0.6) is 0 Å². The maximum atomic E-state index is 5.14. The van der Waals surface area contributed by atoms with Gasteiger partial charge in [0.25, 0.3) is 0 Å². The quantitative estimate of drug-likeness (QED) is 0.547. The Kier molecular flexibility index (Phi) is 4.19. The number of hydrogen-bond donors (Lipinski definition) is 0. The van der Waals surface area contributed by atoms with E-state index in [1.54, 1.807) is 11.8 Å². The maximum absolute atomic E-state index is 5.14. The first-order chi connectivity index (χ1) is 6.20. The third-order valence-electron chi connectivity index (χ3n) is 1.56. The van der Waals surface area contributed by atoms with Crippen LogP contribution in [0, 0.1) is 0 Å². The molecule has 0 bridgehead atoms. The van der Waals surface area contributed by atoms with Gasteiger partial charge in [-0.1, -0.05) is 49.1 Å². The van der Waals surface area contributed by atoms with E-state index in [0.717, 1.165) is 15.5 Å². The van der Waals surface area contributed by atoms with Crippen molar-refractivity contribution in [3.63, 3.8) is 0 Å². The Labute approximate surface area is 89.0 Å². The first kappa shape index (κ1) is 10.5. The van der Waals surface area contributed by atoms with E-state index in [0.29, 0.717) is 0 Å². The fraction of sp³-hybridized carbons (Fsp3) is 0.182. The van der Waals surface area contributed by atoms with Crippen LogP contribution in [0.1, 0.15) is 12.5 Å². The number of benzene rings is 1. The Hall–Kier alpha value is -0.600. The standard InChI is InChI=1S/C11H12S2/c1-9(2)11(12)13-8-10-6-4-3-5-7-10/h3-7H,1,8H2,2H3. The molecule has 0 amide bonds. The molecule has 0 fully saturated rings. The molecule has 1 aromatic rings. The molecule has 2 heteroatoms. The van der Waals surface area contributed by atoms with Crippen LogP contribution in [0.15, 0.2) is 42.5 Å². The number of thioether (sulfide) groups is 1. The Bertz CT molecular complexity index is 301. The molecule has 0 heterocycles. The lowest BCUT2D eigenvalue weighted by molar-refractivity contribution is 1.42. The molecule has 0 aliphatic rings. The lowest BCUT2D eigenvalue weighted by Gasteiger charge is -2.02. The van der Waals surface area contributed by atoms with Crippen molar-refractivity contribution < 1.29 is 0 Å². The van der Waals surface area contributed by atoms with Gasteiger partial charge >= 0.3 is 0 Å². The molecule has 0 nitrogen and oxygen atoms in total. The molecule has 0 spiro atoms. The van der Waals surface area contributed by atoms with Crippen LogP contribution in [0.2, 0.25) is 0 Å². The summed E-state index contributed by atoms with van der Waals surface area (Å²) < 4.78 is 0.906. The lowest BCUT2D eigenvalue weighted by Crippen LogP contribution is -1.89. The molecule has 0 aromatic heterocycles. The Morgan fingerprint density at radius 3 is 2.54 bits per heavy atom. The maximum Gasteiger partial charge on any atom is 0.0732 e. The number of hydrogen-bond acceptors (Lipinski definition) is 2. The lowest BCUT2D eigenvalue weighted by atomic mass is 10.2. The molecule has 68 valence electrons. The monoisotopic (exact) mass is 208 g/mol. The highest BCUT2D eigenvalue weighted by Gasteiger charge is 1.98. The molecule has 13 heavy (non-hydrogen) atoms. The van der Waals surface area contributed by atoms with E-state index in [1.807, 2.05) is 25.1 Å². The van der Waals surface area contributed by atoms with Gasteiger partial charge in [0.05, 0.1) is 4.20 Å². The first-order valence-electron chi connectivity index (χ1n) is 4.06. The van der Waals surface area contributed by atoms with Crippen LogP contribution >= 0.6 is 24.0 Å². The second-order valence-electron chi connectivity index (χ2n) is 2.84. The Morgan fingerprint density at radius 2 is 2.00 bits per heavy atom. The summed E-state index contributed by atoms with van der Waals surface area (Å²) in [6.45, 7) is 5.75. The van der Waals surface area contributed by atoms with E-state index >= 15 is 0 Å². The van der Waals surface area contributed by atoms with Gasteiger partial charge in [0.2, 0.25) is 0 Å². The molecule has 0 aliphatic heterocycles. The molecule has 0 N–H and O–H groups in total. The largest absolute Gasteiger partial charge is 0.110 e. The summed E-state index contributed by atoms with van der Waals surface area (Å²) in [5.74, 6) is 0.937. The first-order valence-corrected chi connectivity index (χ1v) is 5.46. The zero-order chi connectivity index (χ0) is 9.68. The zero-order valence-corrected chi connectivity index (χ0v) is 9.25. The highest BCUT2D eigenvalue weighted by atomic mass is 32.2. The van der Waals surface area contributed by atoms with Gasteiger partial charge in [0, 0.05) is 5.75 Å². The fourth-order valence-corrected chi connectivity index (χ4v) is 1.76. The Morgan fingerprint density at radius 1 is 1.38 bits per heavy atom. The average Bonchev–Trinajstić information content (AvgIpc) is 2.15. The van der Waals surface area contributed by atoms with Crippen molar-refractivity contribution in [3.8, 4) is 0 Å². The highest BCUT2D eigenvalue weighted by molar-refractivity contribution is 8.23. The molecule has 0 unspecified atom stereocenters. The van der Waals surface area contributed by atoms with Gasteiger partial charge in [-0.3, -0.25) is 0 Å². The van der Waals surface area contributed by atoms with Gasteiger partial charge in [-0.2, -0.15) is 0 Å². The number of rotatable bonds is 3. The molecule has 1 rings (SSSR count). The van der Waals surface area contributed by atoms with Crippen molar-refractivity contribution in [2.45, 2.75) is 12.7 Å². The molecule has 1 aromatic carbocycles. The summed E-state index contributed by atoms with van der Waals surface area (Å²) in [6.07, 6.45) is 0. The number of thiocarbonyl (C=S) groups is 1. The van der Waals surface area contributed by atoms with Gasteiger partial charge in [-0.25, -0.2) is 0 Å². The molecule has 0 saturated heterocycles. The second kappa shape index (κ2) is 5.20. The van der Waals surface area contributed by atoms with Crippen molar-refractivity contribution in [1.29, 1.82) is 0 Å². The van der Waals surface area contributed by atoms with E-state index in [9.17, 15) is 0 Å². The van der Waals surface area contributed by atoms with Crippen LogP contribution in [0.4, 0.5) is 0 Å². The predicted octanol–water partition coefficient (Wildman–Crippen LogP) is 3.82.